The summed E-state index contributed by atoms with van der Waals surface area (Å²) in [7, 11) is 0. The molecule has 4 rings (SSSR count). The Hall–Kier alpha value is -1.65. The van der Waals surface area contributed by atoms with Crippen molar-refractivity contribution in [1.82, 2.24) is 14.9 Å². The molecular weight excluding hydrogens is 276 g/mol. The molecule has 2 N–H and O–H groups in total. The quantitative estimate of drug-likeness (QED) is 0.931. The SMILES string of the molecule is Nc1nccnc1C(=O)N1CCCC1CC1CC2CCC1C2. The number of carbonyl (C=O) groups is 1. The van der Waals surface area contributed by atoms with Crippen molar-refractivity contribution >= 4 is 11.7 Å². The summed E-state index contributed by atoms with van der Waals surface area (Å²) in [5.41, 5.74) is 6.15. The van der Waals surface area contributed by atoms with Crippen LogP contribution in [0.1, 0.15) is 55.4 Å². The summed E-state index contributed by atoms with van der Waals surface area (Å²) in [5, 5.41) is 0. The molecule has 1 aliphatic heterocycles. The highest BCUT2D eigenvalue weighted by Crippen LogP contribution is 2.50. The van der Waals surface area contributed by atoms with Crippen molar-refractivity contribution in [3.05, 3.63) is 18.1 Å². The summed E-state index contributed by atoms with van der Waals surface area (Å²) in [5.74, 6) is 2.94. The number of hydrogen-bond acceptors (Lipinski definition) is 4. The molecule has 0 radical (unpaired) electrons. The molecule has 1 aromatic rings. The van der Waals surface area contributed by atoms with Crippen LogP contribution in [0.4, 0.5) is 5.82 Å². The van der Waals surface area contributed by atoms with Crippen LogP contribution in [-0.4, -0.2) is 33.4 Å². The topological polar surface area (TPSA) is 72.1 Å². The first-order valence-corrected chi connectivity index (χ1v) is 8.60. The largest absolute Gasteiger partial charge is 0.382 e. The molecule has 118 valence electrons. The van der Waals surface area contributed by atoms with Gasteiger partial charge >= 0.3 is 0 Å². The molecule has 2 bridgehead atoms. The summed E-state index contributed by atoms with van der Waals surface area (Å²) < 4.78 is 0. The zero-order valence-corrected chi connectivity index (χ0v) is 12.9. The van der Waals surface area contributed by atoms with Gasteiger partial charge in [-0.25, -0.2) is 9.97 Å². The lowest BCUT2D eigenvalue weighted by Gasteiger charge is -2.30. The number of anilines is 1. The van der Waals surface area contributed by atoms with Gasteiger partial charge in [0.2, 0.25) is 0 Å². The van der Waals surface area contributed by atoms with Crippen LogP contribution in [-0.2, 0) is 0 Å². The van der Waals surface area contributed by atoms with Gasteiger partial charge in [0, 0.05) is 25.0 Å². The number of nitrogen functional groups attached to an aromatic ring is 1. The second-order valence-electron chi connectivity index (χ2n) is 7.26. The smallest absolute Gasteiger partial charge is 0.276 e. The minimum atomic E-state index is -0.0312. The average Bonchev–Trinajstić information content (AvgIpc) is 3.23. The van der Waals surface area contributed by atoms with E-state index >= 15 is 0 Å². The number of nitrogens with zero attached hydrogens (tertiary/aromatic N) is 3. The predicted molar refractivity (Wildman–Crippen MR) is 84.1 cm³/mol. The van der Waals surface area contributed by atoms with Gasteiger partial charge in [-0.3, -0.25) is 4.79 Å². The Balaban J connectivity index is 1.47. The van der Waals surface area contributed by atoms with Gasteiger partial charge in [0.05, 0.1) is 0 Å². The normalized spacial score (nSPS) is 33.5. The van der Waals surface area contributed by atoms with Gasteiger partial charge in [0.25, 0.3) is 5.91 Å². The molecule has 2 aliphatic carbocycles. The zero-order chi connectivity index (χ0) is 15.1. The Morgan fingerprint density at radius 3 is 2.82 bits per heavy atom. The first-order chi connectivity index (χ1) is 10.7. The fraction of sp³-hybridized carbons (Fsp3) is 0.706. The van der Waals surface area contributed by atoms with E-state index < -0.39 is 0 Å². The number of carbonyl (C=O) groups excluding carboxylic acids is 1. The van der Waals surface area contributed by atoms with Gasteiger partial charge in [-0.2, -0.15) is 0 Å². The Morgan fingerprint density at radius 1 is 1.23 bits per heavy atom. The number of aromatic nitrogens is 2. The van der Waals surface area contributed by atoms with E-state index in [1.54, 1.807) is 6.20 Å². The number of fused-ring (bicyclic) bond motifs is 2. The van der Waals surface area contributed by atoms with Crippen molar-refractivity contribution in [3.63, 3.8) is 0 Å². The van der Waals surface area contributed by atoms with E-state index in [9.17, 15) is 4.79 Å². The molecule has 0 spiro atoms. The lowest BCUT2D eigenvalue weighted by atomic mass is 9.83. The third-order valence-corrected chi connectivity index (χ3v) is 6.03. The van der Waals surface area contributed by atoms with Gasteiger partial charge in [-0.15, -0.1) is 0 Å². The highest BCUT2D eigenvalue weighted by atomic mass is 16.2. The van der Waals surface area contributed by atoms with Crippen LogP contribution in [0.2, 0.25) is 0 Å². The molecule has 5 heteroatoms. The number of amides is 1. The van der Waals surface area contributed by atoms with Crippen LogP contribution in [0.25, 0.3) is 0 Å². The maximum atomic E-state index is 12.8. The standard InChI is InChI=1S/C17H24N4O/c18-16-15(19-5-6-20-16)17(22)21-7-1-2-14(21)10-13-9-11-3-4-12(13)8-11/h5-6,11-14H,1-4,7-10H2,(H2,18,20). The third-order valence-electron chi connectivity index (χ3n) is 6.03. The molecule has 1 aromatic heterocycles. The predicted octanol–water partition coefficient (Wildman–Crippen LogP) is 2.49. The molecule has 1 saturated heterocycles. The highest BCUT2D eigenvalue weighted by molar-refractivity contribution is 5.96. The van der Waals surface area contributed by atoms with Crippen molar-refractivity contribution in [2.24, 2.45) is 17.8 Å². The number of nitrogens with two attached hydrogens (primary N) is 1. The number of rotatable bonds is 3. The van der Waals surface area contributed by atoms with Crippen molar-refractivity contribution in [1.29, 1.82) is 0 Å². The van der Waals surface area contributed by atoms with Gasteiger partial charge in [0.15, 0.2) is 11.5 Å². The van der Waals surface area contributed by atoms with Gasteiger partial charge < -0.3 is 10.6 Å². The second kappa shape index (κ2) is 5.52. The van der Waals surface area contributed by atoms with Crippen LogP contribution in [0.3, 0.4) is 0 Å². The van der Waals surface area contributed by atoms with E-state index in [-0.39, 0.29) is 11.7 Å². The molecule has 2 heterocycles. The average molecular weight is 300 g/mol. The molecule has 22 heavy (non-hydrogen) atoms. The molecule has 3 aliphatic rings. The van der Waals surface area contributed by atoms with Crippen LogP contribution in [0.15, 0.2) is 12.4 Å². The second-order valence-corrected chi connectivity index (χ2v) is 7.26. The van der Waals surface area contributed by atoms with Crippen molar-refractivity contribution in [3.8, 4) is 0 Å². The number of likely N-dealkylation sites (tertiary alicyclic amines) is 1. The summed E-state index contributed by atoms with van der Waals surface area (Å²) >= 11 is 0. The van der Waals surface area contributed by atoms with Gasteiger partial charge in [0.1, 0.15) is 0 Å². The van der Waals surface area contributed by atoms with Crippen LogP contribution >= 0.6 is 0 Å². The fourth-order valence-corrected chi connectivity index (χ4v) is 5.01. The molecule has 5 nitrogen and oxygen atoms in total. The molecule has 1 amide bonds. The van der Waals surface area contributed by atoms with E-state index in [0.717, 1.165) is 37.1 Å². The van der Waals surface area contributed by atoms with Crippen LogP contribution < -0.4 is 5.73 Å². The van der Waals surface area contributed by atoms with E-state index in [1.165, 1.54) is 38.3 Å². The van der Waals surface area contributed by atoms with Crippen molar-refractivity contribution in [2.75, 3.05) is 12.3 Å². The van der Waals surface area contributed by atoms with E-state index in [1.807, 2.05) is 4.90 Å². The molecule has 4 unspecified atom stereocenters. The molecule has 2 saturated carbocycles. The highest BCUT2D eigenvalue weighted by Gasteiger charge is 2.42. The summed E-state index contributed by atoms with van der Waals surface area (Å²) in [6, 6.07) is 0.373. The fourth-order valence-electron chi connectivity index (χ4n) is 5.01. The Morgan fingerprint density at radius 2 is 2.09 bits per heavy atom. The van der Waals surface area contributed by atoms with Crippen LogP contribution in [0.5, 0.6) is 0 Å². The Labute approximate surface area is 131 Å². The first kappa shape index (κ1) is 14.0. The maximum Gasteiger partial charge on any atom is 0.276 e. The Kier molecular flexibility index (Phi) is 3.51. The van der Waals surface area contributed by atoms with E-state index in [2.05, 4.69) is 9.97 Å². The molecular formula is C17H24N4O. The van der Waals surface area contributed by atoms with E-state index in [4.69, 9.17) is 5.73 Å². The molecule has 4 atom stereocenters. The third kappa shape index (κ3) is 2.36. The maximum absolute atomic E-state index is 12.8. The monoisotopic (exact) mass is 300 g/mol. The lowest BCUT2D eigenvalue weighted by Crippen LogP contribution is -2.38. The van der Waals surface area contributed by atoms with Gasteiger partial charge in [-0.1, -0.05) is 6.42 Å². The summed E-state index contributed by atoms with van der Waals surface area (Å²) in [6.45, 7) is 0.834. The van der Waals surface area contributed by atoms with Crippen molar-refractivity contribution in [2.45, 2.75) is 51.0 Å². The minimum absolute atomic E-state index is 0.0312. The zero-order valence-electron chi connectivity index (χ0n) is 12.9. The Bertz CT molecular complexity index is 576. The van der Waals surface area contributed by atoms with Crippen molar-refractivity contribution < 1.29 is 4.79 Å². The number of hydrogen-bond donors (Lipinski definition) is 1. The van der Waals surface area contributed by atoms with E-state index in [0.29, 0.717) is 11.7 Å². The van der Waals surface area contributed by atoms with Gasteiger partial charge in [-0.05, 0) is 56.3 Å². The summed E-state index contributed by atoms with van der Waals surface area (Å²) in [6.07, 6.45) is 12.1. The van der Waals surface area contributed by atoms with Crippen LogP contribution in [0, 0.1) is 17.8 Å². The lowest BCUT2D eigenvalue weighted by molar-refractivity contribution is 0.0702. The molecule has 0 aromatic carbocycles. The molecule has 3 fully saturated rings. The summed E-state index contributed by atoms with van der Waals surface area (Å²) in [4.78, 5) is 22.9. The minimum Gasteiger partial charge on any atom is -0.382 e. The first-order valence-electron chi connectivity index (χ1n) is 8.60.